The fraction of sp³-hybridized carbons (Fsp3) is 0.333. The number of rotatable bonds is 6. The molecule has 1 saturated heterocycles. The third kappa shape index (κ3) is 4.76. The Kier molecular flexibility index (Phi) is 6.43. The number of pyridine rings is 1. The first-order chi connectivity index (χ1) is 15.4. The highest BCUT2D eigenvalue weighted by atomic mass is 32.2. The predicted molar refractivity (Wildman–Crippen MR) is 129 cm³/mol. The lowest BCUT2D eigenvalue weighted by Gasteiger charge is -2.32. The summed E-state index contributed by atoms with van der Waals surface area (Å²) in [4.78, 5) is 17.1. The van der Waals surface area contributed by atoms with Gasteiger partial charge in [0.25, 0.3) is 5.91 Å². The quantitative estimate of drug-likeness (QED) is 0.589. The molecule has 1 aliphatic rings. The van der Waals surface area contributed by atoms with Crippen LogP contribution in [-0.4, -0.2) is 48.5 Å². The molecule has 0 spiro atoms. The van der Waals surface area contributed by atoms with E-state index in [-0.39, 0.29) is 17.7 Å². The molecule has 1 aromatic heterocycles. The number of carbonyl (C=O) groups excluding carboxylic acids is 1. The minimum absolute atomic E-state index is 0.129. The number of aromatic nitrogens is 1. The van der Waals surface area contributed by atoms with Crippen molar-refractivity contribution in [3.63, 3.8) is 0 Å². The zero-order valence-electron chi connectivity index (χ0n) is 18.3. The van der Waals surface area contributed by atoms with E-state index in [1.807, 2.05) is 49.4 Å². The van der Waals surface area contributed by atoms with E-state index < -0.39 is 10.0 Å². The molecule has 1 amide bonds. The summed E-state index contributed by atoms with van der Waals surface area (Å²) >= 11 is 0. The van der Waals surface area contributed by atoms with Gasteiger partial charge in [-0.1, -0.05) is 18.2 Å². The Labute approximate surface area is 188 Å². The van der Waals surface area contributed by atoms with Gasteiger partial charge in [-0.2, -0.15) is 0 Å². The van der Waals surface area contributed by atoms with Crippen molar-refractivity contribution in [3.05, 3.63) is 66.0 Å². The molecule has 168 valence electrons. The van der Waals surface area contributed by atoms with Gasteiger partial charge in [0.15, 0.2) is 0 Å². The molecule has 4 rings (SSSR count). The van der Waals surface area contributed by atoms with Crippen molar-refractivity contribution in [3.8, 4) is 0 Å². The second-order valence-corrected chi connectivity index (χ2v) is 10.4. The number of amides is 1. The van der Waals surface area contributed by atoms with E-state index in [0.717, 1.165) is 34.9 Å². The van der Waals surface area contributed by atoms with Crippen molar-refractivity contribution >= 4 is 38.1 Å². The first-order valence-electron chi connectivity index (χ1n) is 10.9. The van der Waals surface area contributed by atoms with Crippen molar-refractivity contribution in [2.24, 2.45) is 0 Å². The lowest BCUT2D eigenvalue weighted by Crippen LogP contribution is -2.42. The van der Waals surface area contributed by atoms with Crippen molar-refractivity contribution in [1.82, 2.24) is 9.29 Å². The fourth-order valence-corrected chi connectivity index (χ4v) is 5.23. The van der Waals surface area contributed by atoms with Crippen molar-refractivity contribution in [1.29, 1.82) is 0 Å². The second kappa shape index (κ2) is 9.26. The molecule has 0 radical (unpaired) electrons. The van der Waals surface area contributed by atoms with Crippen LogP contribution >= 0.6 is 0 Å². The zero-order valence-corrected chi connectivity index (χ0v) is 19.2. The molecule has 0 unspecified atom stereocenters. The van der Waals surface area contributed by atoms with Crippen LogP contribution in [0.15, 0.2) is 54.9 Å². The minimum atomic E-state index is -3.15. The molecule has 1 fully saturated rings. The third-order valence-electron chi connectivity index (χ3n) is 5.98. The lowest BCUT2D eigenvalue weighted by atomic mass is 10.0. The lowest BCUT2D eigenvalue weighted by molar-refractivity contribution is 0.102. The van der Waals surface area contributed by atoms with E-state index in [9.17, 15) is 13.2 Å². The summed E-state index contributed by atoms with van der Waals surface area (Å²) in [6, 6.07) is 13.4. The average Bonchev–Trinajstić information content (AvgIpc) is 2.79. The largest absolute Gasteiger partial charge is 0.382 e. The number of aryl methyl sites for hydroxylation is 1. The molecule has 1 aliphatic heterocycles. The monoisotopic (exact) mass is 452 g/mol. The maximum Gasteiger partial charge on any atom is 0.255 e. The number of hydrogen-bond donors (Lipinski definition) is 2. The number of fused-ring (bicyclic) bond motifs is 1. The van der Waals surface area contributed by atoms with Crippen LogP contribution in [-0.2, 0) is 10.0 Å². The van der Waals surface area contributed by atoms with Gasteiger partial charge < -0.3 is 10.6 Å². The molecular weight excluding hydrogens is 424 g/mol. The van der Waals surface area contributed by atoms with Crippen LogP contribution in [0, 0.1) is 6.92 Å². The Morgan fingerprint density at radius 1 is 1.16 bits per heavy atom. The number of anilines is 2. The molecule has 0 saturated carbocycles. The van der Waals surface area contributed by atoms with E-state index in [0.29, 0.717) is 24.3 Å². The zero-order chi connectivity index (χ0) is 22.7. The van der Waals surface area contributed by atoms with Gasteiger partial charge >= 0.3 is 0 Å². The summed E-state index contributed by atoms with van der Waals surface area (Å²) in [5.41, 5.74) is 3.14. The maximum absolute atomic E-state index is 12.8. The average molecular weight is 453 g/mol. The van der Waals surface area contributed by atoms with Gasteiger partial charge in [-0.3, -0.25) is 9.78 Å². The van der Waals surface area contributed by atoms with E-state index in [1.54, 1.807) is 23.6 Å². The van der Waals surface area contributed by atoms with Gasteiger partial charge in [-0.15, -0.1) is 0 Å². The molecule has 0 bridgehead atoms. The molecule has 32 heavy (non-hydrogen) atoms. The van der Waals surface area contributed by atoms with Crippen LogP contribution in [0.3, 0.4) is 0 Å². The van der Waals surface area contributed by atoms with Gasteiger partial charge in [0, 0.05) is 53.8 Å². The second-order valence-electron chi connectivity index (χ2n) is 8.11. The highest BCUT2D eigenvalue weighted by Gasteiger charge is 2.27. The van der Waals surface area contributed by atoms with Gasteiger partial charge in [0.2, 0.25) is 10.0 Å². The van der Waals surface area contributed by atoms with E-state index in [2.05, 4.69) is 15.6 Å². The number of nitrogens with zero attached hydrogens (tertiary/aromatic N) is 2. The van der Waals surface area contributed by atoms with E-state index >= 15 is 0 Å². The predicted octanol–water partition coefficient (Wildman–Crippen LogP) is 4.02. The van der Waals surface area contributed by atoms with Crippen molar-refractivity contribution in [2.75, 3.05) is 29.5 Å². The van der Waals surface area contributed by atoms with Crippen LogP contribution in [0.2, 0.25) is 0 Å². The van der Waals surface area contributed by atoms with Gasteiger partial charge in [0.1, 0.15) is 0 Å². The third-order valence-corrected chi connectivity index (χ3v) is 7.86. The molecule has 8 heteroatoms. The molecule has 0 aliphatic carbocycles. The number of sulfonamides is 1. The number of carbonyl (C=O) groups is 1. The molecule has 2 heterocycles. The molecular formula is C24H28N4O3S. The summed E-state index contributed by atoms with van der Waals surface area (Å²) in [5.74, 6) is -0.0233. The van der Waals surface area contributed by atoms with Crippen molar-refractivity contribution in [2.45, 2.75) is 32.7 Å². The first-order valence-corrected chi connectivity index (χ1v) is 12.5. The van der Waals surface area contributed by atoms with Crippen LogP contribution in [0.25, 0.3) is 10.8 Å². The summed E-state index contributed by atoms with van der Waals surface area (Å²) in [5, 5.41) is 8.51. The number of piperidine rings is 1. The van der Waals surface area contributed by atoms with Crippen LogP contribution < -0.4 is 10.6 Å². The standard InChI is InChI=1S/C24H28N4O3S/c1-3-32(30,31)28-12-9-19(10-13-28)26-23-15-20(14-18-8-11-25-16-22(18)23)27-24(29)21-7-5-4-6-17(21)2/h4-8,11,14-16,19,26H,3,9-10,12-13H2,1-2H3,(H,27,29). The Balaban J connectivity index is 1.55. The summed E-state index contributed by atoms with van der Waals surface area (Å²) in [6.07, 6.45) is 4.98. The molecule has 3 aromatic rings. The van der Waals surface area contributed by atoms with E-state index in [4.69, 9.17) is 0 Å². The number of hydrogen-bond acceptors (Lipinski definition) is 5. The fourth-order valence-electron chi connectivity index (χ4n) is 4.10. The number of nitrogens with one attached hydrogen (secondary N) is 2. The van der Waals surface area contributed by atoms with Crippen molar-refractivity contribution < 1.29 is 13.2 Å². The summed E-state index contributed by atoms with van der Waals surface area (Å²) in [6.45, 7) is 4.61. The Morgan fingerprint density at radius 3 is 2.62 bits per heavy atom. The Bertz CT molecular complexity index is 1230. The van der Waals surface area contributed by atoms with Crippen LogP contribution in [0.1, 0.15) is 35.7 Å². The van der Waals surface area contributed by atoms with Gasteiger partial charge in [0.05, 0.1) is 5.75 Å². The summed E-state index contributed by atoms with van der Waals surface area (Å²) < 4.78 is 25.9. The SMILES string of the molecule is CCS(=O)(=O)N1CCC(Nc2cc(NC(=O)c3ccccc3C)cc3ccncc23)CC1. The van der Waals surface area contributed by atoms with E-state index in [1.165, 1.54) is 0 Å². The van der Waals surface area contributed by atoms with Crippen LogP contribution in [0.5, 0.6) is 0 Å². The molecule has 0 atom stereocenters. The molecule has 2 aromatic carbocycles. The van der Waals surface area contributed by atoms with Crippen LogP contribution in [0.4, 0.5) is 11.4 Å². The highest BCUT2D eigenvalue weighted by Crippen LogP contribution is 2.30. The smallest absolute Gasteiger partial charge is 0.255 e. The summed E-state index contributed by atoms with van der Waals surface area (Å²) in [7, 11) is -3.15. The first kappa shape index (κ1) is 22.2. The van der Waals surface area contributed by atoms with Gasteiger partial charge in [-0.05, 0) is 61.9 Å². The number of benzene rings is 2. The Hall–Kier alpha value is -2.97. The van der Waals surface area contributed by atoms with Gasteiger partial charge in [-0.25, -0.2) is 12.7 Å². The normalized spacial score (nSPS) is 15.6. The molecule has 2 N–H and O–H groups in total. The highest BCUT2D eigenvalue weighted by molar-refractivity contribution is 7.89. The molecule has 7 nitrogen and oxygen atoms in total. The maximum atomic E-state index is 12.8. The minimum Gasteiger partial charge on any atom is -0.382 e. The Morgan fingerprint density at radius 2 is 1.91 bits per heavy atom. The topological polar surface area (TPSA) is 91.4 Å².